The van der Waals surface area contributed by atoms with Crippen molar-refractivity contribution in [1.29, 1.82) is 0 Å². The first kappa shape index (κ1) is 15.9. The van der Waals surface area contributed by atoms with Crippen LogP contribution in [-0.2, 0) is 0 Å². The van der Waals surface area contributed by atoms with E-state index in [2.05, 4.69) is 15.0 Å². The summed E-state index contributed by atoms with van der Waals surface area (Å²) in [5, 5.41) is 3.96. The topological polar surface area (TPSA) is 43.4 Å². The van der Waals surface area contributed by atoms with Crippen molar-refractivity contribution in [3.8, 4) is 11.5 Å². The molecule has 2 aromatic carbocycles. The molecule has 0 aliphatic heterocycles. The smallest absolute Gasteiger partial charge is 0.494 e. The number of para-hydroxylation sites is 1. The monoisotopic (exact) mass is 334 g/mol. The van der Waals surface area contributed by atoms with Gasteiger partial charge in [0, 0.05) is 11.1 Å². The molecule has 3 aromatic rings. The fourth-order valence-corrected chi connectivity index (χ4v) is 2.24. The maximum atomic E-state index is 12.1. The Balaban J connectivity index is 1.82. The van der Waals surface area contributed by atoms with E-state index in [1.54, 1.807) is 13.2 Å². The van der Waals surface area contributed by atoms with Crippen molar-refractivity contribution >= 4 is 22.4 Å². The summed E-state index contributed by atoms with van der Waals surface area (Å²) in [4.78, 5) is 4.48. The third-order valence-electron chi connectivity index (χ3n) is 3.26. The van der Waals surface area contributed by atoms with E-state index in [9.17, 15) is 13.2 Å². The Labute approximate surface area is 135 Å². The van der Waals surface area contributed by atoms with Gasteiger partial charge in [0.1, 0.15) is 22.8 Å². The van der Waals surface area contributed by atoms with Crippen molar-refractivity contribution in [1.82, 2.24) is 4.98 Å². The fourth-order valence-electron chi connectivity index (χ4n) is 2.24. The number of alkyl halides is 3. The minimum atomic E-state index is -4.70. The van der Waals surface area contributed by atoms with Gasteiger partial charge in [-0.25, -0.2) is 4.98 Å². The number of hydrogen-bond donors (Lipinski definition) is 1. The summed E-state index contributed by atoms with van der Waals surface area (Å²) in [5.41, 5.74) is 1.29. The van der Waals surface area contributed by atoms with Gasteiger partial charge in [0.25, 0.3) is 0 Å². The summed E-state index contributed by atoms with van der Waals surface area (Å²) in [6.07, 6.45) is -4.70. The molecule has 0 bridgehead atoms. The molecular weight excluding hydrogens is 321 g/mol. The number of methoxy groups -OCH3 is 1. The summed E-state index contributed by atoms with van der Waals surface area (Å²) < 4.78 is 45.6. The number of pyridine rings is 1. The second kappa shape index (κ2) is 6.27. The van der Waals surface area contributed by atoms with Crippen LogP contribution in [0.3, 0.4) is 0 Å². The highest BCUT2D eigenvalue weighted by Crippen LogP contribution is 2.27. The Morgan fingerprint density at radius 3 is 2.38 bits per heavy atom. The average molecular weight is 334 g/mol. The Morgan fingerprint density at radius 1 is 0.958 bits per heavy atom. The molecule has 3 rings (SSSR count). The van der Waals surface area contributed by atoms with Crippen molar-refractivity contribution in [3.63, 3.8) is 0 Å². The number of ether oxygens (including phenoxy) is 2. The van der Waals surface area contributed by atoms with Crippen molar-refractivity contribution in [2.24, 2.45) is 0 Å². The third kappa shape index (κ3) is 3.68. The van der Waals surface area contributed by atoms with Gasteiger partial charge in [-0.2, -0.15) is 0 Å². The van der Waals surface area contributed by atoms with E-state index in [4.69, 9.17) is 4.74 Å². The second-order valence-electron chi connectivity index (χ2n) is 4.93. The summed E-state index contributed by atoms with van der Waals surface area (Å²) >= 11 is 0. The molecule has 4 nitrogen and oxygen atoms in total. The molecule has 1 N–H and O–H groups in total. The molecule has 0 aliphatic rings. The van der Waals surface area contributed by atoms with Crippen LogP contribution in [0, 0.1) is 0 Å². The third-order valence-corrected chi connectivity index (χ3v) is 3.26. The van der Waals surface area contributed by atoms with Gasteiger partial charge in [0.2, 0.25) is 0 Å². The van der Waals surface area contributed by atoms with Crippen LogP contribution >= 0.6 is 0 Å². The van der Waals surface area contributed by atoms with Crippen LogP contribution in [0.4, 0.5) is 24.7 Å². The van der Waals surface area contributed by atoms with Crippen LogP contribution < -0.4 is 14.8 Å². The van der Waals surface area contributed by atoms with Crippen molar-refractivity contribution in [3.05, 3.63) is 54.6 Å². The fraction of sp³-hybridized carbons (Fsp3) is 0.118. The van der Waals surface area contributed by atoms with Gasteiger partial charge in [-0.05, 0) is 42.5 Å². The highest BCUT2D eigenvalue weighted by atomic mass is 19.4. The Hall–Kier alpha value is -2.96. The Kier molecular flexibility index (Phi) is 4.16. The number of nitrogens with one attached hydrogen (secondary N) is 1. The SMILES string of the molecule is COc1cccc2ccc(Nc3ccc(OC(F)(F)F)cc3)nc12. The zero-order valence-corrected chi connectivity index (χ0v) is 12.6. The minimum Gasteiger partial charge on any atom is -0.494 e. The van der Waals surface area contributed by atoms with Crippen molar-refractivity contribution in [2.45, 2.75) is 6.36 Å². The number of hydrogen-bond acceptors (Lipinski definition) is 4. The number of anilines is 2. The van der Waals surface area contributed by atoms with Crippen LogP contribution in [0.1, 0.15) is 0 Å². The number of benzene rings is 2. The molecule has 0 fully saturated rings. The molecule has 0 radical (unpaired) electrons. The highest BCUT2D eigenvalue weighted by molar-refractivity contribution is 5.86. The Bertz CT molecular complexity index is 849. The van der Waals surface area contributed by atoms with E-state index in [-0.39, 0.29) is 5.75 Å². The zero-order valence-electron chi connectivity index (χ0n) is 12.6. The largest absolute Gasteiger partial charge is 0.573 e. The second-order valence-corrected chi connectivity index (χ2v) is 4.93. The molecule has 7 heteroatoms. The van der Waals surface area contributed by atoms with Gasteiger partial charge < -0.3 is 14.8 Å². The van der Waals surface area contributed by atoms with Crippen LogP contribution in [0.15, 0.2) is 54.6 Å². The van der Waals surface area contributed by atoms with E-state index in [0.717, 1.165) is 5.39 Å². The number of rotatable bonds is 4. The molecule has 0 amide bonds. The van der Waals surface area contributed by atoms with Gasteiger partial charge >= 0.3 is 6.36 Å². The highest BCUT2D eigenvalue weighted by Gasteiger charge is 2.30. The van der Waals surface area contributed by atoms with Crippen LogP contribution in [0.2, 0.25) is 0 Å². The molecule has 0 saturated carbocycles. The minimum absolute atomic E-state index is 0.277. The van der Waals surface area contributed by atoms with Crippen LogP contribution in [-0.4, -0.2) is 18.5 Å². The number of aromatic nitrogens is 1. The van der Waals surface area contributed by atoms with Gasteiger partial charge in [0.15, 0.2) is 0 Å². The van der Waals surface area contributed by atoms with E-state index in [1.807, 2.05) is 24.3 Å². The molecule has 0 atom stereocenters. The molecule has 24 heavy (non-hydrogen) atoms. The zero-order chi connectivity index (χ0) is 17.2. The van der Waals surface area contributed by atoms with E-state index in [0.29, 0.717) is 22.8 Å². The van der Waals surface area contributed by atoms with E-state index in [1.165, 1.54) is 24.3 Å². The maximum absolute atomic E-state index is 12.1. The van der Waals surface area contributed by atoms with E-state index < -0.39 is 6.36 Å². The van der Waals surface area contributed by atoms with Gasteiger partial charge in [-0.3, -0.25) is 0 Å². The van der Waals surface area contributed by atoms with Crippen molar-refractivity contribution < 1.29 is 22.6 Å². The Morgan fingerprint density at radius 2 is 1.71 bits per heavy atom. The quantitative estimate of drug-likeness (QED) is 0.738. The normalized spacial score (nSPS) is 11.3. The summed E-state index contributed by atoms with van der Waals surface area (Å²) in [6, 6.07) is 14.7. The summed E-state index contributed by atoms with van der Waals surface area (Å²) in [7, 11) is 1.57. The summed E-state index contributed by atoms with van der Waals surface area (Å²) in [6.45, 7) is 0. The average Bonchev–Trinajstić information content (AvgIpc) is 2.55. The first-order chi connectivity index (χ1) is 11.4. The van der Waals surface area contributed by atoms with Gasteiger partial charge in [-0.1, -0.05) is 12.1 Å². The molecule has 1 heterocycles. The molecule has 1 aromatic heterocycles. The summed E-state index contributed by atoms with van der Waals surface area (Å²) in [5.74, 6) is 0.919. The lowest BCUT2D eigenvalue weighted by Crippen LogP contribution is -2.16. The lowest BCUT2D eigenvalue weighted by atomic mass is 10.2. The molecule has 124 valence electrons. The van der Waals surface area contributed by atoms with Crippen molar-refractivity contribution in [2.75, 3.05) is 12.4 Å². The molecule has 0 spiro atoms. The number of halogens is 3. The first-order valence-corrected chi connectivity index (χ1v) is 7.01. The standard InChI is InChI=1S/C17H13F3N2O2/c1-23-14-4-2-3-11-5-10-15(22-16(11)14)21-12-6-8-13(9-7-12)24-17(18,19)20/h2-10H,1H3,(H,21,22). The van der Waals surface area contributed by atoms with Crippen LogP contribution in [0.25, 0.3) is 10.9 Å². The molecule has 0 saturated heterocycles. The first-order valence-electron chi connectivity index (χ1n) is 7.01. The predicted molar refractivity (Wildman–Crippen MR) is 84.7 cm³/mol. The lowest BCUT2D eigenvalue weighted by molar-refractivity contribution is -0.274. The molecule has 0 unspecified atom stereocenters. The molecular formula is C17H13F3N2O2. The lowest BCUT2D eigenvalue weighted by Gasteiger charge is -2.11. The van der Waals surface area contributed by atoms with Crippen LogP contribution in [0.5, 0.6) is 11.5 Å². The predicted octanol–water partition coefficient (Wildman–Crippen LogP) is 4.89. The molecule has 0 aliphatic carbocycles. The van der Waals surface area contributed by atoms with E-state index >= 15 is 0 Å². The maximum Gasteiger partial charge on any atom is 0.573 e. The van der Waals surface area contributed by atoms with Gasteiger partial charge in [0.05, 0.1) is 7.11 Å². The number of fused-ring (bicyclic) bond motifs is 1. The number of nitrogens with zero attached hydrogens (tertiary/aromatic N) is 1. The van der Waals surface area contributed by atoms with Gasteiger partial charge in [-0.15, -0.1) is 13.2 Å².